The van der Waals surface area contributed by atoms with Gasteiger partial charge < -0.3 is 0 Å². The van der Waals surface area contributed by atoms with E-state index in [-0.39, 0.29) is 17.1 Å². The van der Waals surface area contributed by atoms with Gasteiger partial charge >= 0.3 is 0 Å². The van der Waals surface area contributed by atoms with Crippen molar-refractivity contribution in [2.45, 2.75) is 37.5 Å². The normalized spacial score (nSPS) is 17.5. The summed E-state index contributed by atoms with van der Waals surface area (Å²) in [6.45, 7) is 1.85. The molecule has 0 spiro atoms. The lowest BCUT2D eigenvalue weighted by Crippen LogP contribution is -2.28. The van der Waals surface area contributed by atoms with Gasteiger partial charge in [-0.3, -0.25) is 9.59 Å². The number of nitrogens with zero attached hydrogens (tertiary/aromatic N) is 1. The lowest BCUT2D eigenvalue weighted by atomic mass is 9.97. The summed E-state index contributed by atoms with van der Waals surface area (Å²) in [5, 5.41) is 3.86. The van der Waals surface area contributed by atoms with Crippen LogP contribution in [0.2, 0.25) is 0 Å². The molecule has 0 aliphatic heterocycles. The number of amides is 1. The smallest absolute Gasteiger partial charge is 0.255 e. The fourth-order valence-corrected chi connectivity index (χ4v) is 3.29. The van der Waals surface area contributed by atoms with E-state index in [4.69, 9.17) is 0 Å². The number of benzene rings is 1. The maximum absolute atomic E-state index is 12.1. The zero-order valence-corrected chi connectivity index (χ0v) is 13.1. The summed E-state index contributed by atoms with van der Waals surface area (Å²) in [6, 6.07) is 6.31. The topological polar surface area (TPSA) is 92.7 Å². The molecule has 1 aliphatic rings. The van der Waals surface area contributed by atoms with Gasteiger partial charge in [0, 0.05) is 18.6 Å². The van der Waals surface area contributed by atoms with Crippen LogP contribution in [0.25, 0.3) is 0 Å². The first-order valence-corrected chi connectivity index (χ1v) is 8.67. The average molecular weight is 322 g/mol. The van der Waals surface area contributed by atoms with E-state index >= 15 is 0 Å². The van der Waals surface area contributed by atoms with Crippen LogP contribution in [0.4, 0.5) is 0 Å². The zero-order valence-electron chi connectivity index (χ0n) is 12.3. The van der Waals surface area contributed by atoms with Crippen molar-refractivity contribution in [3.05, 3.63) is 29.8 Å². The second kappa shape index (κ2) is 6.83. The molecule has 1 aliphatic carbocycles. The number of nitrogens with one attached hydrogen (secondary N) is 1. The van der Waals surface area contributed by atoms with Crippen molar-refractivity contribution >= 4 is 27.2 Å². The Morgan fingerprint density at radius 3 is 2.55 bits per heavy atom. The zero-order chi connectivity index (χ0) is 16.2. The Balaban J connectivity index is 1.97. The molecule has 1 saturated carbocycles. The molecule has 1 amide bonds. The van der Waals surface area contributed by atoms with E-state index < -0.39 is 21.5 Å². The molecule has 1 N–H and O–H groups in total. The monoisotopic (exact) mass is 322 g/mol. The number of hydrogen-bond acceptors (Lipinski definition) is 5. The molecule has 118 valence electrons. The quantitative estimate of drug-likeness (QED) is 0.848. The van der Waals surface area contributed by atoms with E-state index in [1.165, 1.54) is 12.1 Å². The van der Waals surface area contributed by atoms with Crippen molar-refractivity contribution in [3.63, 3.8) is 0 Å². The van der Waals surface area contributed by atoms with Gasteiger partial charge in [-0.15, -0.1) is 0 Å². The predicted molar refractivity (Wildman–Crippen MR) is 82.3 cm³/mol. The first kappa shape index (κ1) is 16.4. The van der Waals surface area contributed by atoms with E-state index in [1.54, 1.807) is 12.1 Å². The van der Waals surface area contributed by atoms with Gasteiger partial charge in [0.15, 0.2) is 9.84 Å². The average Bonchev–Trinajstić information content (AvgIpc) is 2.45. The molecule has 0 atom stereocenters. The molecule has 0 bridgehead atoms. The van der Waals surface area contributed by atoms with Crippen molar-refractivity contribution in [2.75, 3.05) is 5.75 Å². The number of hydrogen-bond donors (Lipinski definition) is 1. The molecule has 0 heterocycles. The van der Waals surface area contributed by atoms with Crippen molar-refractivity contribution in [1.29, 1.82) is 0 Å². The highest BCUT2D eigenvalue weighted by atomic mass is 32.2. The first-order chi connectivity index (χ1) is 10.4. The fourth-order valence-electron chi connectivity index (χ4n) is 2.16. The summed E-state index contributed by atoms with van der Waals surface area (Å²) >= 11 is 0. The molecule has 0 radical (unpaired) electrons. The number of ketones is 1. The Bertz CT molecular complexity index is 706. The largest absolute Gasteiger partial charge is 0.299 e. The highest BCUT2D eigenvalue weighted by molar-refractivity contribution is 7.92. The van der Waals surface area contributed by atoms with Gasteiger partial charge in [-0.1, -0.05) is 17.7 Å². The van der Waals surface area contributed by atoms with Crippen LogP contribution in [0.15, 0.2) is 34.3 Å². The lowest BCUT2D eigenvalue weighted by molar-refractivity contribution is -0.119. The molecular weight excluding hydrogens is 304 g/mol. The minimum Gasteiger partial charge on any atom is -0.299 e. The molecule has 0 saturated heterocycles. The van der Waals surface area contributed by atoms with Gasteiger partial charge in [-0.2, -0.15) is 5.10 Å². The van der Waals surface area contributed by atoms with Crippen LogP contribution in [0.5, 0.6) is 0 Å². The standard InChI is InChI=1S/C15H18N2O4S/c1-11-5-7-14(8-6-11)22(20,21)10-15(19)17-16-12-3-2-4-13(18)9-12/h5-8H,2-4,9-10H2,1H3,(H,17,19)/b16-12-. The molecular formula is C15H18N2O4S. The third-order valence-corrected chi connectivity index (χ3v) is 4.99. The first-order valence-electron chi connectivity index (χ1n) is 7.02. The van der Waals surface area contributed by atoms with Crippen molar-refractivity contribution < 1.29 is 18.0 Å². The number of carbonyl (C=O) groups is 2. The SMILES string of the molecule is Cc1ccc(S(=O)(=O)CC(=O)N/N=C2/CCCC(=O)C2)cc1. The van der Waals surface area contributed by atoms with E-state index in [0.29, 0.717) is 18.6 Å². The Morgan fingerprint density at radius 2 is 1.91 bits per heavy atom. The summed E-state index contributed by atoms with van der Waals surface area (Å²) < 4.78 is 24.2. The van der Waals surface area contributed by atoms with E-state index in [1.807, 2.05) is 6.92 Å². The van der Waals surface area contributed by atoms with Crippen LogP contribution in [-0.4, -0.2) is 31.6 Å². The highest BCUT2D eigenvalue weighted by Crippen LogP contribution is 2.13. The van der Waals surface area contributed by atoms with Crippen LogP contribution in [0, 0.1) is 6.92 Å². The molecule has 7 heteroatoms. The molecule has 6 nitrogen and oxygen atoms in total. The molecule has 0 aromatic heterocycles. The third-order valence-electron chi connectivity index (χ3n) is 3.36. The van der Waals surface area contributed by atoms with Crippen molar-refractivity contribution in [1.82, 2.24) is 5.43 Å². The molecule has 22 heavy (non-hydrogen) atoms. The van der Waals surface area contributed by atoms with Gasteiger partial charge in [-0.05, 0) is 31.9 Å². The van der Waals surface area contributed by atoms with Gasteiger partial charge in [0.25, 0.3) is 5.91 Å². The van der Waals surface area contributed by atoms with Crippen molar-refractivity contribution in [2.24, 2.45) is 5.10 Å². The predicted octanol–water partition coefficient (Wildman–Crippen LogP) is 1.38. The lowest BCUT2D eigenvalue weighted by Gasteiger charge is -2.11. The number of rotatable bonds is 4. The van der Waals surface area contributed by atoms with Gasteiger partial charge in [0.05, 0.1) is 4.90 Å². The molecule has 0 unspecified atom stereocenters. The second-order valence-corrected chi connectivity index (χ2v) is 7.34. The summed E-state index contributed by atoms with van der Waals surface area (Å²) in [4.78, 5) is 23.1. The summed E-state index contributed by atoms with van der Waals surface area (Å²) in [7, 11) is -3.69. The van der Waals surface area contributed by atoms with E-state index in [0.717, 1.165) is 12.0 Å². The number of hydrazone groups is 1. The maximum atomic E-state index is 12.1. The Hall–Kier alpha value is -2.02. The summed E-state index contributed by atoms with van der Waals surface area (Å²) in [5.41, 5.74) is 3.76. The molecule has 1 aromatic carbocycles. The summed E-state index contributed by atoms with van der Waals surface area (Å²) in [5.74, 6) is -1.28. The van der Waals surface area contributed by atoms with Gasteiger partial charge in [-0.25, -0.2) is 13.8 Å². The second-order valence-electron chi connectivity index (χ2n) is 5.35. The minimum atomic E-state index is -3.69. The number of carbonyl (C=O) groups excluding carboxylic acids is 2. The fraction of sp³-hybridized carbons (Fsp3) is 0.400. The molecule has 2 rings (SSSR count). The van der Waals surface area contributed by atoms with E-state index in [2.05, 4.69) is 10.5 Å². The van der Waals surface area contributed by atoms with Crippen LogP contribution < -0.4 is 5.43 Å². The van der Waals surface area contributed by atoms with Crippen molar-refractivity contribution in [3.8, 4) is 0 Å². The molecule has 1 aromatic rings. The van der Waals surface area contributed by atoms with Crippen LogP contribution in [-0.2, 0) is 19.4 Å². The van der Waals surface area contributed by atoms with Crippen LogP contribution in [0.3, 0.4) is 0 Å². The summed E-state index contributed by atoms with van der Waals surface area (Å²) in [6.07, 6.45) is 2.13. The van der Waals surface area contributed by atoms with E-state index in [9.17, 15) is 18.0 Å². The van der Waals surface area contributed by atoms with Crippen LogP contribution in [0.1, 0.15) is 31.2 Å². The number of sulfone groups is 1. The Labute approximate surface area is 129 Å². The molecule has 1 fully saturated rings. The minimum absolute atomic E-state index is 0.0894. The highest BCUT2D eigenvalue weighted by Gasteiger charge is 2.20. The van der Waals surface area contributed by atoms with Gasteiger partial charge in [0.2, 0.25) is 0 Å². The third kappa shape index (κ3) is 4.49. The van der Waals surface area contributed by atoms with Crippen LogP contribution >= 0.6 is 0 Å². The maximum Gasteiger partial charge on any atom is 0.255 e. The Morgan fingerprint density at radius 1 is 1.23 bits per heavy atom. The van der Waals surface area contributed by atoms with Gasteiger partial charge in [0.1, 0.15) is 11.5 Å². The number of Topliss-reactive ketones (excluding diaryl/α,β-unsaturated/α-hetero) is 1. The number of aryl methyl sites for hydroxylation is 1. The Kier molecular flexibility index (Phi) is 5.07.